The minimum Gasteiger partial charge on any atom is -0.445 e. The Morgan fingerprint density at radius 3 is 2.65 bits per heavy atom. The predicted molar refractivity (Wildman–Crippen MR) is 127 cm³/mol. The first-order valence-electron chi connectivity index (χ1n) is 11.8. The third-order valence-electron chi connectivity index (χ3n) is 7.67. The lowest BCUT2D eigenvalue weighted by Crippen LogP contribution is -2.60. The van der Waals surface area contributed by atoms with Gasteiger partial charge in [0, 0.05) is 18.8 Å². The molecule has 0 aliphatic heterocycles. The summed E-state index contributed by atoms with van der Waals surface area (Å²) in [5.74, 6) is 1.98. The molecule has 1 aromatic heterocycles. The van der Waals surface area contributed by atoms with Crippen LogP contribution in [-0.4, -0.2) is 39.1 Å². The number of nitrogens with one attached hydrogen (secondary N) is 2. The normalized spacial score (nSPS) is 29.8. The third-order valence-corrected chi connectivity index (χ3v) is 8.38. The average molecular weight is 480 g/mol. The van der Waals surface area contributed by atoms with Gasteiger partial charge in [0.25, 0.3) is 0 Å². The first kappa shape index (κ1) is 22.8. The van der Waals surface area contributed by atoms with E-state index in [2.05, 4.69) is 26.7 Å². The summed E-state index contributed by atoms with van der Waals surface area (Å²) in [6.07, 6.45) is 8.10. The summed E-state index contributed by atoms with van der Waals surface area (Å²) in [4.78, 5) is 20.9. The van der Waals surface area contributed by atoms with Crippen molar-refractivity contribution in [3.05, 3.63) is 47.7 Å². The van der Waals surface area contributed by atoms with Crippen LogP contribution in [0, 0.1) is 34.5 Å². The molecule has 0 spiro atoms. The van der Waals surface area contributed by atoms with Gasteiger partial charge in [-0.2, -0.15) is 5.26 Å². The standard InChI is InChI=1S/C25H29N5O3S/c1-34(32)23-27-13-20(12-26)22(30-23)28-15-25-9-17-7-18(10-25)21(19(8-17)11-25)29-24(31)33-14-16-5-3-2-4-6-16/h2-6,13,17-19,21H,7-11,14-15H2,1H3,(H,29,31)(H,27,28,30)/t17?,18-,19+,21?,25?,34?. The van der Waals surface area contributed by atoms with E-state index in [1.54, 1.807) is 0 Å². The molecule has 4 saturated carbocycles. The topological polar surface area (TPSA) is 117 Å². The van der Waals surface area contributed by atoms with Crippen LogP contribution in [0.1, 0.15) is 43.2 Å². The van der Waals surface area contributed by atoms with E-state index < -0.39 is 10.8 Å². The molecular weight excluding hydrogens is 450 g/mol. The molecule has 8 nitrogen and oxygen atoms in total. The summed E-state index contributed by atoms with van der Waals surface area (Å²) >= 11 is 0. The van der Waals surface area contributed by atoms with Crippen LogP contribution in [0.15, 0.2) is 41.7 Å². The van der Waals surface area contributed by atoms with Crippen LogP contribution in [-0.2, 0) is 22.1 Å². The van der Waals surface area contributed by atoms with E-state index in [1.165, 1.54) is 12.5 Å². The number of benzene rings is 1. The van der Waals surface area contributed by atoms with Crippen LogP contribution >= 0.6 is 0 Å². The number of carbonyl (C=O) groups excluding carboxylic acids is 1. The van der Waals surface area contributed by atoms with E-state index >= 15 is 0 Å². The highest BCUT2D eigenvalue weighted by molar-refractivity contribution is 7.84. The fourth-order valence-electron chi connectivity index (χ4n) is 6.54. The van der Waals surface area contributed by atoms with Crippen LogP contribution in [0.25, 0.3) is 0 Å². The molecule has 4 fully saturated rings. The second-order valence-electron chi connectivity index (χ2n) is 10.0. The number of rotatable bonds is 7. The van der Waals surface area contributed by atoms with Gasteiger partial charge in [0.15, 0.2) is 0 Å². The molecule has 4 unspecified atom stereocenters. The lowest BCUT2D eigenvalue weighted by molar-refractivity contribution is -0.0683. The lowest BCUT2D eigenvalue weighted by Gasteiger charge is -2.60. The monoisotopic (exact) mass is 479 g/mol. The van der Waals surface area contributed by atoms with Gasteiger partial charge < -0.3 is 15.4 Å². The molecule has 6 rings (SSSR count). The maximum absolute atomic E-state index is 12.5. The second-order valence-corrected chi connectivity index (χ2v) is 11.3. The largest absolute Gasteiger partial charge is 0.445 e. The Bertz CT molecular complexity index is 1120. The smallest absolute Gasteiger partial charge is 0.407 e. The van der Waals surface area contributed by atoms with Crippen molar-refractivity contribution in [2.75, 3.05) is 18.1 Å². The van der Waals surface area contributed by atoms with Crippen LogP contribution in [0.4, 0.5) is 10.6 Å². The molecule has 0 radical (unpaired) electrons. The van der Waals surface area contributed by atoms with Crippen molar-refractivity contribution in [1.29, 1.82) is 5.26 Å². The summed E-state index contributed by atoms with van der Waals surface area (Å²) in [6.45, 7) is 0.985. The fraction of sp³-hybridized carbons (Fsp3) is 0.520. The highest BCUT2D eigenvalue weighted by atomic mass is 32.2. The highest BCUT2D eigenvalue weighted by Crippen LogP contribution is 2.60. The Hall–Kier alpha value is -2.99. The van der Waals surface area contributed by atoms with E-state index in [0.29, 0.717) is 35.7 Å². The fourth-order valence-corrected chi connectivity index (χ4v) is 6.96. The zero-order valence-electron chi connectivity index (χ0n) is 19.2. The minimum absolute atomic E-state index is 0.117. The van der Waals surface area contributed by atoms with Gasteiger partial charge in [0.05, 0.1) is 17.0 Å². The predicted octanol–water partition coefficient (Wildman–Crippen LogP) is 3.62. The molecule has 178 valence electrons. The quantitative estimate of drug-likeness (QED) is 0.583. The van der Waals surface area contributed by atoms with E-state index in [4.69, 9.17) is 4.74 Å². The molecule has 0 saturated heterocycles. The van der Waals surface area contributed by atoms with Gasteiger partial charge in [-0.1, -0.05) is 30.3 Å². The molecule has 6 atom stereocenters. The summed E-state index contributed by atoms with van der Waals surface area (Å²) in [6, 6.07) is 12.0. The van der Waals surface area contributed by atoms with E-state index in [-0.39, 0.29) is 29.3 Å². The molecule has 1 heterocycles. The van der Waals surface area contributed by atoms with Crippen LogP contribution in [0.3, 0.4) is 0 Å². The third kappa shape index (κ3) is 4.64. The Balaban J connectivity index is 1.22. The van der Waals surface area contributed by atoms with E-state index in [9.17, 15) is 14.3 Å². The Morgan fingerprint density at radius 2 is 1.97 bits per heavy atom. The van der Waals surface area contributed by atoms with E-state index in [1.807, 2.05) is 30.3 Å². The van der Waals surface area contributed by atoms with Crippen LogP contribution < -0.4 is 10.6 Å². The number of alkyl carbamates (subject to hydrolysis) is 1. The number of nitrogens with zero attached hydrogens (tertiary/aromatic N) is 3. The number of hydrogen-bond donors (Lipinski definition) is 2. The number of anilines is 1. The van der Waals surface area contributed by atoms with Crippen molar-refractivity contribution in [2.24, 2.45) is 23.2 Å². The van der Waals surface area contributed by atoms with Crippen LogP contribution in [0.5, 0.6) is 0 Å². The van der Waals surface area contributed by atoms with Crippen LogP contribution in [0.2, 0.25) is 0 Å². The SMILES string of the molecule is CS(=O)c1ncc(C#N)c(NCC23CC4C[C@H](C2)C(NC(=O)OCc2ccccc2)[C@@H](C4)C3)n1. The zero-order chi connectivity index (χ0) is 23.7. The average Bonchev–Trinajstić information content (AvgIpc) is 2.83. The summed E-state index contributed by atoms with van der Waals surface area (Å²) in [5.41, 5.74) is 1.45. The van der Waals surface area contributed by atoms with Gasteiger partial charge in [-0.15, -0.1) is 0 Å². The number of carbonyl (C=O) groups is 1. The van der Waals surface area contributed by atoms with Crippen molar-refractivity contribution in [1.82, 2.24) is 15.3 Å². The zero-order valence-corrected chi connectivity index (χ0v) is 20.0. The van der Waals surface area contributed by atoms with E-state index in [0.717, 1.165) is 37.7 Å². The Morgan fingerprint density at radius 1 is 1.24 bits per heavy atom. The molecular formula is C25H29N5O3S. The summed E-state index contributed by atoms with van der Waals surface area (Å²) in [5, 5.41) is 16.2. The maximum Gasteiger partial charge on any atom is 0.407 e. The molecule has 4 aliphatic carbocycles. The molecule has 9 heteroatoms. The van der Waals surface area contributed by atoms with Crippen molar-refractivity contribution < 1.29 is 13.7 Å². The van der Waals surface area contributed by atoms with Gasteiger partial charge in [0.1, 0.15) is 24.1 Å². The Kier molecular flexibility index (Phi) is 6.26. The number of amides is 1. The molecule has 34 heavy (non-hydrogen) atoms. The van der Waals surface area contributed by atoms with Gasteiger partial charge in [-0.25, -0.2) is 14.8 Å². The first-order valence-corrected chi connectivity index (χ1v) is 13.3. The molecule has 2 N–H and O–H groups in total. The second kappa shape index (κ2) is 9.34. The number of ether oxygens (including phenoxy) is 1. The Labute approximate surface area is 202 Å². The maximum atomic E-state index is 12.5. The summed E-state index contributed by atoms with van der Waals surface area (Å²) in [7, 11) is -1.31. The summed E-state index contributed by atoms with van der Waals surface area (Å²) < 4.78 is 17.3. The molecule has 2 aromatic rings. The van der Waals surface area contributed by atoms with Gasteiger partial charge in [-0.05, 0) is 60.8 Å². The molecule has 1 aromatic carbocycles. The molecule has 4 bridgehead atoms. The van der Waals surface area contributed by atoms with Crippen molar-refractivity contribution in [2.45, 2.75) is 49.9 Å². The molecule has 4 aliphatic rings. The van der Waals surface area contributed by atoms with Crippen molar-refractivity contribution in [3.63, 3.8) is 0 Å². The number of hydrogen-bond acceptors (Lipinski definition) is 7. The number of aromatic nitrogens is 2. The lowest BCUT2D eigenvalue weighted by atomic mass is 9.48. The van der Waals surface area contributed by atoms with Crippen molar-refractivity contribution >= 4 is 22.7 Å². The van der Waals surface area contributed by atoms with Gasteiger partial charge in [0.2, 0.25) is 5.16 Å². The highest BCUT2D eigenvalue weighted by Gasteiger charge is 2.55. The van der Waals surface area contributed by atoms with Gasteiger partial charge >= 0.3 is 6.09 Å². The molecule has 1 amide bonds. The minimum atomic E-state index is -1.31. The van der Waals surface area contributed by atoms with Crippen molar-refractivity contribution in [3.8, 4) is 6.07 Å². The first-order chi connectivity index (χ1) is 16.4. The number of nitriles is 1. The van der Waals surface area contributed by atoms with Gasteiger partial charge in [-0.3, -0.25) is 4.21 Å².